The smallest absolute Gasteiger partial charge is 0.259 e. The van der Waals surface area contributed by atoms with Gasteiger partial charge in [0.1, 0.15) is 0 Å². The van der Waals surface area contributed by atoms with Crippen LogP contribution >= 0.6 is 0 Å². The molecule has 2 aromatic heterocycles. The topological polar surface area (TPSA) is 74.5 Å². The van der Waals surface area contributed by atoms with Crippen LogP contribution in [0.1, 0.15) is 47.9 Å². The number of likely N-dealkylation sites (tertiary alicyclic amines) is 1. The number of carbonyl (C=O) groups excluding carboxylic acids is 1. The highest BCUT2D eigenvalue weighted by atomic mass is 16.5. The van der Waals surface area contributed by atoms with Gasteiger partial charge in [0, 0.05) is 51.0 Å². The van der Waals surface area contributed by atoms with Crippen LogP contribution in [0.15, 0.2) is 10.6 Å². The van der Waals surface area contributed by atoms with Crippen LogP contribution in [0.4, 0.5) is 0 Å². The molecule has 0 saturated carbocycles. The summed E-state index contributed by atoms with van der Waals surface area (Å²) in [6.07, 6.45) is 1.04. The SMILES string of the molecule is Cc1noc2nc(C(C)C)cc(C(=O)N3CCC(N4CCNCC4)C3)c12. The Morgan fingerprint density at radius 1 is 1.31 bits per heavy atom. The fourth-order valence-electron chi connectivity index (χ4n) is 4.02. The Hall–Kier alpha value is -1.99. The van der Waals surface area contributed by atoms with Crippen LogP contribution in [0.3, 0.4) is 0 Å². The summed E-state index contributed by atoms with van der Waals surface area (Å²) in [5, 5.41) is 8.18. The first-order valence-electron chi connectivity index (χ1n) is 9.55. The third-order valence-electron chi connectivity index (χ3n) is 5.58. The normalized spacial score (nSPS) is 21.8. The molecule has 140 valence electrons. The molecule has 7 nitrogen and oxygen atoms in total. The van der Waals surface area contributed by atoms with E-state index in [9.17, 15) is 4.79 Å². The summed E-state index contributed by atoms with van der Waals surface area (Å²) in [5.74, 6) is 0.298. The van der Waals surface area contributed by atoms with E-state index in [2.05, 4.69) is 34.2 Å². The summed E-state index contributed by atoms with van der Waals surface area (Å²) < 4.78 is 5.36. The minimum absolute atomic E-state index is 0.0724. The zero-order valence-electron chi connectivity index (χ0n) is 15.8. The zero-order valence-corrected chi connectivity index (χ0v) is 15.8. The lowest BCUT2D eigenvalue weighted by Gasteiger charge is -2.32. The molecule has 2 aromatic rings. The first kappa shape index (κ1) is 17.4. The van der Waals surface area contributed by atoms with Crippen molar-refractivity contribution in [2.45, 2.75) is 39.2 Å². The van der Waals surface area contributed by atoms with Crippen molar-refractivity contribution in [1.82, 2.24) is 25.3 Å². The fourth-order valence-corrected chi connectivity index (χ4v) is 4.02. The highest BCUT2D eigenvalue weighted by molar-refractivity contribution is 6.06. The van der Waals surface area contributed by atoms with Crippen LogP contribution in [-0.4, -0.2) is 71.2 Å². The number of hydrogen-bond acceptors (Lipinski definition) is 6. The Morgan fingerprint density at radius 2 is 2.08 bits per heavy atom. The number of hydrogen-bond donors (Lipinski definition) is 1. The molecule has 26 heavy (non-hydrogen) atoms. The highest BCUT2D eigenvalue weighted by Crippen LogP contribution is 2.27. The van der Waals surface area contributed by atoms with Crippen molar-refractivity contribution < 1.29 is 9.32 Å². The second-order valence-corrected chi connectivity index (χ2v) is 7.68. The summed E-state index contributed by atoms with van der Waals surface area (Å²) in [4.78, 5) is 22.3. The number of amides is 1. The van der Waals surface area contributed by atoms with Crippen molar-refractivity contribution in [2.24, 2.45) is 0 Å². The van der Waals surface area contributed by atoms with Crippen LogP contribution in [0.5, 0.6) is 0 Å². The molecule has 2 aliphatic rings. The number of nitrogens with zero attached hydrogens (tertiary/aromatic N) is 4. The Morgan fingerprint density at radius 3 is 2.81 bits per heavy atom. The van der Waals surface area contributed by atoms with Gasteiger partial charge in [0.2, 0.25) is 0 Å². The average molecular weight is 357 g/mol. The lowest BCUT2D eigenvalue weighted by atomic mass is 10.0. The van der Waals surface area contributed by atoms with Crippen LogP contribution < -0.4 is 5.32 Å². The Bertz CT molecular complexity index is 810. The van der Waals surface area contributed by atoms with Gasteiger partial charge in [0.05, 0.1) is 16.6 Å². The maximum absolute atomic E-state index is 13.3. The molecule has 4 rings (SSSR count). The second-order valence-electron chi connectivity index (χ2n) is 7.68. The van der Waals surface area contributed by atoms with E-state index in [1.807, 2.05) is 17.9 Å². The monoisotopic (exact) mass is 357 g/mol. The quantitative estimate of drug-likeness (QED) is 0.902. The van der Waals surface area contributed by atoms with Crippen LogP contribution in [0.2, 0.25) is 0 Å². The minimum atomic E-state index is 0.0724. The average Bonchev–Trinajstić information content (AvgIpc) is 3.29. The predicted molar refractivity (Wildman–Crippen MR) is 99.4 cm³/mol. The molecular formula is C19H27N5O2. The summed E-state index contributed by atoms with van der Waals surface area (Å²) >= 11 is 0. The van der Waals surface area contributed by atoms with Crippen LogP contribution in [-0.2, 0) is 0 Å². The maximum atomic E-state index is 13.3. The molecule has 0 radical (unpaired) electrons. The number of fused-ring (bicyclic) bond motifs is 1. The number of pyridine rings is 1. The molecule has 4 heterocycles. The van der Waals surface area contributed by atoms with Gasteiger partial charge in [0.25, 0.3) is 11.6 Å². The van der Waals surface area contributed by atoms with Gasteiger partial charge in [-0.2, -0.15) is 0 Å². The van der Waals surface area contributed by atoms with Gasteiger partial charge in [-0.05, 0) is 25.3 Å². The van der Waals surface area contributed by atoms with Gasteiger partial charge in [0.15, 0.2) is 0 Å². The second kappa shape index (κ2) is 6.96. The highest BCUT2D eigenvalue weighted by Gasteiger charge is 2.33. The van der Waals surface area contributed by atoms with Gasteiger partial charge in [-0.25, -0.2) is 4.98 Å². The van der Waals surface area contributed by atoms with Crippen molar-refractivity contribution in [3.8, 4) is 0 Å². The molecule has 2 fully saturated rings. The third kappa shape index (κ3) is 3.10. The van der Waals surface area contributed by atoms with Crippen LogP contribution in [0, 0.1) is 6.92 Å². The van der Waals surface area contributed by atoms with Crippen molar-refractivity contribution in [1.29, 1.82) is 0 Å². The predicted octanol–water partition coefficient (Wildman–Crippen LogP) is 1.77. The summed E-state index contributed by atoms with van der Waals surface area (Å²) in [5.41, 5.74) is 2.74. The first-order chi connectivity index (χ1) is 12.5. The van der Waals surface area contributed by atoms with Crippen molar-refractivity contribution >= 4 is 17.0 Å². The third-order valence-corrected chi connectivity index (χ3v) is 5.58. The number of nitrogens with one attached hydrogen (secondary N) is 1. The minimum Gasteiger partial charge on any atom is -0.337 e. The van der Waals surface area contributed by atoms with Crippen LogP contribution in [0.25, 0.3) is 11.1 Å². The van der Waals surface area contributed by atoms with E-state index in [0.717, 1.165) is 62.5 Å². The molecule has 0 aliphatic carbocycles. The van der Waals surface area contributed by atoms with Crippen molar-refractivity contribution in [2.75, 3.05) is 39.3 Å². The van der Waals surface area contributed by atoms with E-state index in [-0.39, 0.29) is 11.8 Å². The lowest BCUT2D eigenvalue weighted by Crippen LogP contribution is -2.49. The number of aromatic nitrogens is 2. The maximum Gasteiger partial charge on any atom is 0.259 e. The van der Waals surface area contributed by atoms with Gasteiger partial charge < -0.3 is 14.7 Å². The van der Waals surface area contributed by atoms with E-state index in [1.165, 1.54) is 0 Å². The summed E-state index contributed by atoms with van der Waals surface area (Å²) in [6.45, 7) is 11.8. The van der Waals surface area contributed by atoms with E-state index >= 15 is 0 Å². The van der Waals surface area contributed by atoms with E-state index < -0.39 is 0 Å². The van der Waals surface area contributed by atoms with E-state index in [0.29, 0.717) is 17.3 Å². The molecule has 0 bridgehead atoms. The first-order valence-corrected chi connectivity index (χ1v) is 9.55. The fraction of sp³-hybridized carbons (Fsp3) is 0.632. The number of piperazine rings is 1. The summed E-state index contributed by atoms with van der Waals surface area (Å²) in [6, 6.07) is 2.39. The molecule has 2 saturated heterocycles. The molecule has 1 N–H and O–H groups in total. The van der Waals surface area contributed by atoms with Gasteiger partial charge in [-0.3, -0.25) is 9.69 Å². The molecule has 1 amide bonds. The standard InChI is InChI=1S/C19H27N5O2/c1-12(2)16-10-15(17-13(3)22-26-18(17)21-16)19(25)24-7-4-14(11-24)23-8-5-20-6-9-23/h10,12,14,20H,4-9,11H2,1-3H3. The molecule has 0 spiro atoms. The number of aryl methyl sites for hydroxylation is 1. The molecule has 1 atom stereocenters. The Balaban J connectivity index is 1.61. The van der Waals surface area contributed by atoms with Gasteiger partial charge in [-0.15, -0.1) is 0 Å². The Kier molecular flexibility index (Phi) is 4.67. The molecule has 7 heteroatoms. The largest absolute Gasteiger partial charge is 0.337 e. The van der Waals surface area contributed by atoms with Crippen molar-refractivity contribution in [3.63, 3.8) is 0 Å². The number of rotatable bonds is 3. The molecular weight excluding hydrogens is 330 g/mol. The van der Waals surface area contributed by atoms with Gasteiger partial charge in [-0.1, -0.05) is 19.0 Å². The van der Waals surface area contributed by atoms with E-state index in [4.69, 9.17) is 4.52 Å². The van der Waals surface area contributed by atoms with Gasteiger partial charge >= 0.3 is 0 Å². The molecule has 0 aromatic carbocycles. The van der Waals surface area contributed by atoms with Crippen molar-refractivity contribution in [3.05, 3.63) is 23.0 Å². The zero-order chi connectivity index (χ0) is 18.3. The molecule has 2 aliphatic heterocycles. The number of carbonyl (C=O) groups is 1. The summed E-state index contributed by atoms with van der Waals surface area (Å²) in [7, 11) is 0. The Labute approximate surface area is 153 Å². The lowest BCUT2D eigenvalue weighted by molar-refractivity contribution is 0.0775. The molecule has 1 unspecified atom stereocenters. The van der Waals surface area contributed by atoms with E-state index in [1.54, 1.807) is 0 Å².